The van der Waals surface area contributed by atoms with E-state index < -0.39 is 0 Å². The van der Waals surface area contributed by atoms with Crippen LogP contribution in [0.25, 0.3) is 0 Å². The van der Waals surface area contributed by atoms with Crippen molar-refractivity contribution in [3.8, 4) is 0 Å². The molecule has 2 rings (SSSR count). The van der Waals surface area contributed by atoms with Gasteiger partial charge in [0.15, 0.2) is 0 Å². The molecule has 3 heteroatoms. The van der Waals surface area contributed by atoms with Gasteiger partial charge in [0.1, 0.15) is 0 Å². The summed E-state index contributed by atoms with van der Waals surface area (Å²) in [7, 11) is 1.68. The third kappa shape index (κ3) is 4.58. The van der Waals surface area contributed by atoms with Crippen LogP contribution in [0.5, 0.6) is 0 Å². The molecule has 0 aliphatic heterocycles. The van der Waals surface area contributed by atoms with Gasteiger partial charge in [-0.1, -0.05) is 44.1 Å². The van der Waals surface area contributed by atoms with Crippen molar-refractivity contribution in [2.75, 3.05) is 20.3 Å². The number of carbonyl (C=O) groups excluding carboxylic acids is 1. The Morgan fingerprint density at radius 2 is 1.41 bits per heavy atom. The topological polar surface area (TPSA) is 35.5 Å². The molecular formula is C19H32O3. The van der Waals surface area contributed by atoms with Gasteiger partial charge >= 0.3 is 5.97 Å². The second-order valence-corrected chi connectivity index (χ2v) is 6.76. The van der Waals surface area contributed by atoms with E-state index >= 15 is 0 Å². The molecule has 0 spiro atoms. The minimum Gasteiger partial charge on any atom is -0.463 e. The van der Waals surface area contributed by atoms with Crippen molar-refractivity contribution >= 4 is 5.97 Å². The fourth-order valence-corrected chi connectivity index (χ4v) is 4.28. The molecule has 0 bridgehead atoms. The predicted molar refractivity (Wildman–Crippen MR) is 88.7 cm³/mol. The van der Waals surface area contributed by atoms with Crippen LogP contribution in [0.2, 0.25) is 0 Å². The molecule has 3 nitrogen and oxygen atoms in total. The molecule has 2 aliphatic carbocycles. The summed E-state index contributed by atoms with van der Waals surface area (Å²) >= 11 is 0. The predicted octanol–water partition coefficient (Wildman–Crippen LogP) is 4.65. The lowest BCUT2D eigenvalue weighted by Gasteiger charge is -2.34. The highest BCUT2D eigenvalue weighted by atomic mass is 16.5. The fraction of sp³-hybridized carbons (Fsp3) is 0.842. The van der Waals surface area contributed by atoms with E-state index in [0.717, 1.165) is 5.57 Å². The maximum Gasteiger partial charge on any atom is 0.336 e. The Morgan fingerprint density at radius 3 is 1.82 bits per heavy atom. The molecule has 0 radical (unpaired) electrons. The average molecular weight is 308 g/mol. The molecule has 0 amide bonds. The van der Waals surface area contributed by atoms with Crippen molar-refractivity contribution in [3.05, 3.63) is 11.1 Å². The summed E-state index contributed by atoms with van der Waals surface area (Å²) in [6, 6.07) is 0. The van der Waals surface area contributed by atoms with Crippen molar-refractivity contribution in [2.24, 2.45) is 11.8 Å². The van der Waals surface area contributed by atoms with Crippen molar-refractivity contribution in [1.29, 1.82) is 0 Å². The number of ether oxygens (including phenoxy) is 2. The van der Waals surface area contributed by atoms with Crippen molar-refractivity contribution in [2.45, 2.75) is 71.1 Å². The molecule has 2 saturated carbocycles. The first-order valence-corrected chi connectivity index (χ1v) is 9.16. The summed E-state index contributed by atoms with van der Waals surface area (Å²) < 4.78 is 10.7. The number of carbonyl (C=O) groups is 1. The molecule has 0 saturated heterocycles. The van der Waals surface area contributed by atoms with Crippen LogP contribution in [0.1, 0.15) is 71.1 Å². The van der Waals surface area contributed by atoms with Gasteiger partial charge in [0.2, 0.25) is 0 Å². The molecule has 0 N–H and O–H groups in total. The van der Waals surface area contributed by atoms with Crippen LogP contribution in [0.15, 0.2) is 11.1 Å². The zero-order valence-corrected chi connectivity index (χ0v) is 14.4. The Labute approximate surface area is 135 Å². The van der Waals surface area contributed by atoms with Crippen molar-refractivity contribution < 1.29 is 14.3 Å². The van der Waals surface area contributed by atoms with Crippen LogP contribution in [-0.2, 0) is 14.3 Å². The van der Waals surface area contributed by atoms with Gasteiger partial charge in [-0.25, -0.2) is 4.79 Å². The summed E-state index contributed by atoms with van der Waals surface area (Å²) in [5.41, 5.74) is 2.24. The minimum atomic E-state index is -0.143. The van der Waals surface area contributed by atoms with Crippen LogP contribution in [0.3, 0.4) is 0 Å². The number of hydrogen-bond acceptors (Lipinski definition) is 3. The zero-order chi connectivity index (χ0) is 15.8. The Bertz CT molecular complexity index is 354. The SMILES string of the molecule is CCOC(=O)C(COC)=C(C1CCCCC1)C1CCCCC1. The third-order valence-electron chi connectivity index (χ3n) is 5.25. The van der Waals surface area contributed by atoms with E-state index in [1.165, 1.54) is 69.8 Å². The molecule has 0 atom stereocenters. The average Bonchev–Trinajstić information content (AvgIpc) is 2.56. The Hall–Kier alpha value is -0.830. The smallest absolute Gasteiger partial charge is 0.336 e. The van der Waals surface area contributed by atoms with Crippen molar-refractivity contribution in [3.63, 3.8) is 0 Å². The molecule has 0 aromatic heterocycles. The second kappa shape index (κ2) is 9.34. The molecule has 0 aromatic carbocycles. The van der Waals surface area contributed by atoms with E-state index in [9.17, 15) is 4.79 Å². The Kier molecular flexibility index (Phi) is 7.44. The van der Waals surface area contributed by atoms with Crippen LogP contribution < -0.4 is 0 Å². The third-order valence-corrected chi connectivity index (χ3v) is 5.25. The first-order chi connectivity index (χ1) is 10.8. The van der Waals surface area contributed by atoms with Crippen LogP contribution in [0.4, 0.5) is 0 Å². The minimum absolute atomic E-state index is 0.143. The molecule has 0 heterocycles. The Balaban J connectivity index is 2.31. The first kappa shape index (κ1) is 17.5. The molecule has 126 valence electrons. The number of hydrogen-bond donors (Lipinski definition) is 0. The van der Waals surface area contributed by atoms with E-state index in [4.69, 9.17) is 9.47 Å². The lowest BCUT2D eigenvalue weighted by molar-refractivity contribution is -0.139. The molecular weight excluding hydrogens is 276 g/mol. The van der Waals surface area contributed by atoms with Gasteiger partial charge in [-0.15, -0.1) is 0 Å². The summed E-state index contributed by atoms with van der Waals surface area (Å²) in [5, 5.41) is 0. The summed E-state index contributed by atoms with van der Waals surface area (Å²) in [5.74, 6) is 1.01. The second-order valence-electron chi connectivity index (χ2n) is 6.76. The van der Waals surface area contributed by atoms with Crippen LogP contribution in [-0.4, -0.2) is 26.3 Å². The molecule has 0 aromatic rings. The van der Waals surface area contributed by atoms with Crippen LogP contribution in [0, 0.1) is 11.8 Å². The van der Waals surface area contributed by atoms with Gasteiger partial charge in [-0.2, -0.15) is 0 Å². The molecule has 0 unspecified atom stereocenters. The highest BCUT2D eigenvalue weighted by Gasteiger charge is 2.31. The highest BCUT2D eigenvalue weighted by molar-refractivity contribution is 5.90. The summed E-state index contributed by atoms with van der Waals surface area (Å²) in [4.78, 5) is 12.5. The van der Waals surface area contributed by atoms with Crippen molar-refractivity contribution in [1.82, 2.24) is 0 Å². The van der Waals surface area contributed by atoms with Gasteiger partial charge in [0.25, 0.3) is 0 Å². The van der Waals surface area contributed by atoms with E-state index in [1.54, 1.807) is 7.11 Å². The standard InChI is InChI=1S/C19H32O3/c1-3-22-19(20)17(14-21-2)18(15-10-6-4-7-11-15)16-12-8-5-9-13-16/h15-16H,3-14H2,1-2H3. The largest absolute Gasteiger partial charge is 0.463 e. The number of esters is 1. The molecule has 2 aliphatic rings. The summed E-state index contributed by atoms with van der Waals surface area (Å²) in [6.45, 7) is 2.72. The monoisotopic (exact) mass is 308 g/mol. The van der Waals surface area contributed by atoms with Gasteiger partial charge in [-0.05, 0) is 44.4 Å². The number of allylic oxidation sites excluding steroid dienone is 1. The lowest BCUT2D eigenvalue weighted by Crippen LogP contribution is -2.25. The highest BCUT2D eigenvalue weighted by Crippen LogP contribution is 2.41. The first-order valence-electron chi connectivity index (χ1n) is 9.16. The number of rotatable bonds is 6. The Morgan fingerprint density at radius 1 is 0.909 bits per heavy atom. The van der Waals surface area contributed by atoms with Gasteiger partial charge in [0.05, 0.1) is 18.8 Å². The van der Waals surface area contributed by atoms with Gasteiger partial charge in [0, 0.05) is 7.11 Å². The van der Waals surface area contributed by atoms with Gasteiger partial charge < -0.3 is 9.47 Å². The molecule has 22 heavy (non-hydrogen) atoms. The van der Waals surface area contributed by atoms with Gasteiger partial charge in [-0.3, -0.25) is 0 Å². The zero-order valence-electron chi connectivity index (χ0n) is 14.4. The molecule has 2 fully saturated rings. The van der Waals surface area contributed by atoms with E-state index in [0.29, 0.717) is 25.0 Å². The van der Waals surface area contributed by atoms with E-state index in [1.807, 2.05) is 6.92 Å². The van der Waals surface area contributed by atoms with E-state index in [-0.39, 0.29) is 5.97 Å². The fourth-order valence-electron chi connectivity index (χ4n) is 4.28. The normalized spacial score (nSPS) is 20.6. The quantitative estimate of drug-likeness (QED) is 0.529. The maximum absolute atomic E-state index is 12.5. The maximum atomic E-state index is 12.5. The van der Waals surface area contributed by atoms with E-state index in [2.05, 4.69) is 0 Å². The summed E-state index contributed by atoms with van der Waals surface area (Å²) in [6.07, 6.45) is 12.8. The number of methoxy groups -OCH3 is 1. The van der Waals surface area contributed by atoms with Crippen LogP contribution >= 0.6 is 0 Å². The lowest BCUT2D eigenvalue weighted by atomic mass is 9.72.